The summed E-state index contributed by atoms with van der Waals surface area (Å²) >= 11 is 0. The van der Waals surface area contributed by atoms with Crippen LogP contribution in [0.5, 0.6) is 0 Å². The Balaban J connectivity index is 2.93. The molecule has 0 aliphatic carbocycles. The highest BCUT2D eigenvalue weighted by Gasteiger charge is 2.11. The lowest BCUT2D eigenvalue weighted by Crippen LogP contribution is -2.26. The second kappa shape index (κ2) is 1.70. The Bertz CT molecular complexity index is 355. The Labute approximate surface area is 56.2 Å². The summed E-state index contributed by atoms with van der Waals surface area (Å²) < 4.78 is 4.44. The Hall–Kier alpha value is -1.58. The van der Waals surface area contributed by atoms with Gasteiger partial charge in [0.25, 0.3) is 11.0 Å². The van der Waals surface area contributed by atoms with Crippen LogP contribution < -0.4 is 4.90 Å². The minimum Gasteiger partial charge on any atom is -0.316 e. The summed E-state index contributed by atoms with van der Waals surface area (Å²) in [4.78, 5) is 0.634. The van der Waals surface area contributed by atoms with Gasteiger partial charge in [-0.25, -0.2) is 0 Å². The standard InChI is InChI=1S/C6H5N2O2/c9-8-6-4-2-1-3-5(6)7-10-8/h1-4,9H/q+1. The zero-order valence-electron chi connectivity index (χ0n) is 5.06. The largest absolute Gasteiger partial charge is 0.316 e. The van der Waals surface area contributed by atoms with Gasteiger partial charge in [-0.15, -0.1) is 0 Å². The molecule has 0 amide bonds. The monoisotopic (exact) mass is 137 g/mol. The molecule has 0 bridgehead atoms. The average molecular weight is 137 g/mol. The Morgan fingerprint density at radius 2 is 2.20 bits per heavy atom. The van der Waals surface area contributed by atoms with Crippen LogP contribution in [0.25, 0.3) is 11.0 Å². The molecule has 2 rings (SSSR count). The van der Waals surface area contributed by atoms with E-state index in [1.54, 1.807) is 18.2 Å². The molecule has 10 heavy (non-hydrogen) atoms. The molecule has 0 atom stereocenters. The molecular weight excluding hydrogens is 132 g/mol. The number of benzene rings is 1. The zero-order chi connectivity index (χ0) is 6.97. The summed E-state index contributed by atoms with van der Waals surface area (Å²) in [6.45, 7) is 0. The van der Waals surface area contributed by atoms with Crippen LogP contribution in [-0.4, -0.2) is 10.4 Å². The molecule has 4 nitrogen and oxygen atoms in total. The third-order valence-corrected chi connectivity index (χ3v) is 1.30. The van der Waals surface area contributed by atoms with E-state index in [-0.39, 0.29) is 0 Å². The molecule has 0 spiro atoms. The predicted molar refractivity (Wildman–Crippen MR) is 31.4 cm³/mol. The van der Waals surface area contributed by atoms with Crippen molar-refractivity contribution in [2.45, 2.75) is 0 Å². The molecule has 4 heteroatoms. The van der Waals surface area contributed by atoms with Crippen LogP contribution >= 0.6 is 0 Å². The second-order valence-electron chi connectivity index (χ2n) is 1.93. The van der Waals surface area contributed by atoms with Crippen molar-refractivity contribution < 1.29 is 14.7 Å². The van der Waals surface area contributed by atoms with Crippen molar-refractivity contribution >= 4 is 11.0 Å². The van der Waals surface area contributed by atoms with Gasteiger partial charge in [-0.3, -0.25) is 0 Å². The highest BCUT2D eigenvalue weighted by Crippen LogP contribution is 2.03. The van der Waals surface area contributed by atoms with Crippen LogP contribution in [0.15, 0.2) is 28.9 Å². The average Bonchev–Trinajstić information content (AvgIpc) is 2.34. The van der Waals surface area contributed by atoms with Crippen molar-refractivity contribution in [3.05, 3.63) is 24.3 Å². The van der Waals surface area contributed by atoms with E-state index >= 15 is 0 Å². The molecule has 0 aliphatic rings. The Kier molecular flexibility index (Phi) is 0.887. The van der Waals surface area contributed by atoms with E-state index in [2.05, 4.69) is 9.79 Å². The SMILES string of the molecule is O[n+]1onc2ccccc21. The highest BCUT2D eigenvalue weighted by atomic mass is 16.8. The summed E-state index contributed by atoms with van der Waals surface area (Å²) in [5.74, 6) is 0. The van der Waals surface area contributed by atoms with Gasteiger partial charge in [0, 0.05) is 0 Å². The van der Waals surface area contributed by atoms with Crippen LogP contribution in [0.1, 0.15) is 0 Å². The lowest BCUT2D eigenvalue weighted by Gasteiger charge is -1.74. The molecule has 0 fully saturated rings. The maximum Gasteiger partial charge on any atom is 0.278 e. The van der Waals surface area contributed by atoms with Crippen LogP contribution in [0.4, 0.5) is 0 Å². The van der Waals surface area contributed by atoms with E-state index in [0.717, 1.165) is 0 Å². The lowest BCUT2D eigenvalue weighted by atomic mass is 10.3. The Morgan fingerprint density at radius 3 is 3.00 bits per heavy atom. The van der Waals surface area contributed by atoms with Crippen molar-refractivity contribution in [1.29, 1.82) is 0 Å². The molecule has 2 aromatic rings. The van der Waals surface area contributed by atoms with Crippen LogP contribution in [0.3, 0.4) is 0 Å². The normalized spacial score (nSPS) is 10.4. The van der Waals surface area contributed by atoms with Crippen molar-refractivity contribution in [2.24, 2.45) is 0 Å². The first kappa shape index (κ1) is 5.22. The molecule has 0 saturated carbocycles. The number of para-hydroxylation sites is 1. The second-order valence-corrected chi connectivity index (χ2v) is 1.93. The van der Waals surface area contributed by atoms with Crippen LogP contribution in [0, 0.1) is 0 Å². The molecule has 50 valence electrons. The predicted octanol–water partition coefficient (Wildman–Crippen LogP) is 0.353. The zero-order valence-corrected chi connectivity index (χ0v) is 5.06. The van der Waals surface area contributed by atoms with Gasteiger partial charge >= 0.3 is 0 Å². The number of nitrogens with zero attached hydrogens (tertiary/aromatic N) is 2. The Morgan fingerprint density at radius 1 is 1.40 bits per heavy atom. The van der Waals surface area contributed by atoms with E-state index in [4.69, 9.17) is 5.21 Å². The molecule has 0 aliphatic heterocycles. The number of hydrogen-bond donors (Lipinski definition) is 1. The van der Waals surface area contributed by atoms with Crippen molar-refractivity contribution in [1.82, 2.24) is 5.16 Å². The highest BCUT2D eigenvalue weighted by molar-refractivity contribution is 5.69. The molecule has 0 saturated heterocycles. The first-order valence-corrected chi connectivity index (χ1v) is 2.84. The third-order valence-electron chi connectivity index (χ3n) is 1.30. The smallest absolute Gasteiger partial charge is 0.278 e. The topological polar surface area (TPSA) is 50.1 Å². The summed E-state index contributed by atoms with van der Waals surface area (Å²) in [5, 5.41) is 12.5. The number of rotatable bonds is 0. The minimum absolute atomic E-state index is 0.572. The fraction of sp³-hybridized carbons (Fsp3) is 0. The van der Waals surface area contributed by atoms with E-state index in [1.165, 1.54) is 0 Å². The van der Waals surface area contributed by atoms with Gasteiger partial charge in [0.05, 0.1) is 0 Å². The summed E-state index contributed by atoms with van der Waals surface area (Å²) in [7, 11) is 0. The molecular formula is C6H5N2O2+. The third kappa shape index (κ3) is 0.556. The van der Waals surface area contributed by atoms with Gasteiger partial charge in [0.1, 0.15) is 4.90 Å². The fourth-order valence-corrected chi connectivity index (χ4v) is 0.830. The van der Waals surface area contributed by atoms with Gasteiger partial charge in [0.2, 0.25) is 0 Å². The van der Waals surface area contributed by atoms with E-state index in [0.29, 0.717) is 15.9 Å². The van der Waals surface area contributed by atoms with E-state index in [9.17, 15) is 0 Å². The first-order valence-electron chi connectivity index (χ1n) is 2.84. The summed E-state index contributed by atoms with van der Waals surface area (Å²) in [6.07, 6.45) is 0. The maximum atomic E-state index is 8.90. The molecule has 0 unspecified atom stereocenters. The van der Waals surface area contributed by atoms with Gasteiger partial charge in [-0.2, -0.15) is 0 Å². The molecule has 1 aromatic carbocycles. The van der Waals surface area contributed by atoms with Gasteiger partial charge in [-0.05, 0) is 16.8 Å². The van der Waals surface area contributed by atoms with Crippen molar-refractivity contribution in [3.63, 3.8) is 0 Å². The van der Waals surface area contributed by atoms with Crippen LogP contribution in [0.2, 0.25) is 0 Å². The molecule has 1 heterocycles. The first-order chi connectivity index (χ1) is 4.88. The van der Waals surface area contributed by atoms with Gasteiger partial charge in [-0.1, -0.05) is 12.1 Å². The molecule has 0 radical (unpaired) electrons. The minimum atomic E-state index is 0.572. The van der Waals surface area contributed by atoms with Crippen LogP contribution in [-0.2, 0) is 0 Å². The summed E-state index contributed by atoms with van der Waals surface area (Å²) in [6, 6.07) is 7.09. The number of fused-ring (bicyclic) bond motifs is 1. The fourth-order valence-electron chi connectivity index (χ4n) is 0.830. The van der Waals surface area contributed by atoms with Gasteiger partial charge in [0.15, 0.2) is 5.16 Å². The number of aromatic nitrogens is 2. The quantitative estimate of drug-likeness (QED) is 0.533. The van der Waals surface area contributed by atoms with E-state index < -0.39 is 0 Å². The molecule has 1 N–H and O–H groups in total. The maximum absolute atomic E-state index is 8.90. The van der Waals surface area contributed by atoms with Crippen molar-refractivity contribution in [2.75, 3.05) is 0 Å². The number of hydrogen-bond acceptors (Lipinski definition) is 3. The van der Waals surface area contributed by atoms with Crippen molar-refractivity contribution in [3.8, 4) is 0 Å². The molecule has 1 aromatic heterocycles. The van der Waals surface area contributed by atoms with E-state index in [1.807, 2.05) is 6.07 Å². The lowest BCUT2D eigenvalue weighted by molar-refractivity contribution is -1.02. The summed E-state index contributed by atoms with van der Waals surface area (Å²) in [5.41, 5.74) is 1.22. The van der Waals surface area contributed by atoms with Gasteiger partial charge < -0.3 is 5.21 Å².